The number of methoxy groups -OCH3 is 1. The van der Waals surface area contributed by atoms with E-state index < -0.39 is 0 Å². The first-order chi connectivity index (χ1) is 8.36. The minimum atomic E-state index is 0.462. The molecule has 0 saturated heterocycles. The molecule has 2 aliphatic rings. The molecular weight excluding hydrogens is 216 g/mol. The zero-order valence-electron chi connectivity index (χ0n) is 10.1. The van der Waals surface area contributed by atoms with Crippen molar-refractivity contribution in [1.29, 1.82) is 0 Å². The highest BCUT2D eigenvalue weighted by atomic mass is 16.5. The van der Waals surface area contributed by atoms with Crippen molar-refractivity contribution in [3.8, 4) is 6.01 Å². The van der Waals surface area contributed by atoms with Crippen molar-refractivity contribution in [2.24, 2.45) is 5.92 Å². The van der Waals surface area contributed by atoms with Crippen LogP contribution in [0.15, 0.2) is 0 Å². The molecule has 0 radical (unpaired) electrons. The molecule has 92 valence electrons. The smallest absolute Gasteiger partial charge is 0.318 e. The van der Waals surface area contributed by atoms with Crippen molar-refractivity contribution < 1.29 is 4.74 Å². The van der Waals surface area contributed by atoms with Gasteiger partial charge in [0.1, 0.15) is 5.82 Å². The van der Waals surface area contributed by atoms with Crippen molar-refractivity contribution in [3.05, 3.63) is 11.3 Å². The lowest BCUT2D eigenvalue weighted by molar-refractivity contribution is 0.332. The maximum Gasteiger partial charge on any atom is 0.318 e. The van der Waals surface area contributed by atoms with Gasteiger partial charge in [0, 0.05) is 25.2 Å². The summed E-state index contributed by atoms with van der Waals surface area (Å²) in [6.07, 6.45) is 4.06. The van der Waals surface area contributed by atoms with Gasteiger partial charge in [-0.15, -0.1) is 0 Å². The Balaban J connectivity index is 1.78. The highest BCUT2D eigenvalue weighted by Crippen LogP contribution is 2.28. The summed E-state index contributed by atoms with van der Waals surface area (Å²) in [5.74, 6) is 1.77. The van der Waals surface area contributed by atoms with Gasteiger partial charge in [-0.05, 0) is 18.8 Å². The van der Waals surface area contributed by atoms with Crippen LogP contribution in [0.25, 0.3) is 0 Å². The molecule has 1 aliphatic carbocycles. The van der Waals surface area contributed by atoms with Crippen molar-refractivity contribution in [3.63, 3.8) is 0 Å². The van der Waals surface area contributed by atoms with Gasteiger partial charge < -0.3 is 15.4 Å². The van der Waals surface area contributed by atoms with E-state index in [1.54, 1.807) is 7.11 Å². The topological polar surface area (TPSA) is 59.1 Å². The van der Waals surface area contributed by atoms with E-state index in [-0.39, 0.29) is 0 Å². The van der Waals surface area contributed by atoms with Crippen LogP contribution >= 0.6 is 0 Å². The second-order valence-corrected chi connectivity index (χ2v) is 4.77. The van der Waals surface area contributed by atoms with Crippen LogP contribution in [0.3, 0.4) is 0 Å². The minimum absolute atomic E-state index is 0.462. The summed E-state index contributed by atoms with van der Waals surface area (Å²) >= 11 is 0. The number of rotatable bonds is 4. The Morgan fingerprint density at radius 1 is 1.35 bits per heavy atom. The van der Waals surface area contributed by atoms with Crippen molar-refractivity contribution >= 4 is 5.82 Å². The van der Waals surface area contributed by atoms with Crippen molar-refractivity contribution in [2.75, 3.05) is 19.0 Å². The van der Waals surface area contributed by atoms with Crippen molar-refractivity contribution in [2.45, 2.75) is 32.4 Å². The van der Waals surface area contributed by atoms with E-state index in [0.717, 1.165) is 37.1 Å². The Bertz CT molecular complexity index is 417. The standard InChI is InChI=1S/C12H18N4O/c1-17-12-15-10-7-13-6-9(10)11(16-12)14-5-8-3-2-4-8/h8,13H,2-7H2,1H3,(H,14,15,16). The summed E-state index contributed by atoms with van der Waals surface area (Å²) in [4.78, 5) is 8.77. The van der Waals surface area contributed by atoms with E-state index in [1.165, 1.54) is 24.8 Å². The number of hydrogen-bond acceptors (Lipinski definition) is 5. The maximum absolute atomic E-state index is 5.14. The van der Waals surface area contributed by atoms with E-state index in [4.69, 9.17) is 4.74 Å². The van der Waals surface area contributed by atoms with Gasteiger partial charge in [0.2, 0.25) is 0 Å². The Kier molecular flexibility index (Phi) is 2.84. The minimum Gasteiger partial charge on any atom is -0.467 e. The molecule has 1 aliphatic heterocycles. The second kappa shape index (κ2) is 4.49. The van der Waals surface area contributed by atoms with Gasteiger partial charge >= 0.3 is 6.01 Å². The van der Waals surface area contributed by atoms with Gasteiger partial charge in [-0.2, -0.15) is 9.97 Å². The highest BCUT2D eigenvalue weighted by molar-refractivity contribution is 5.49. The van der Waals surface area contributed by atoms with Gasteiger partial charge in [0.25, 0.3) is 0 Å². The average Bonchev–Trinajstić information content (AvgIpc) is 2.74. The van der Waals surface area contributed by atoms with E-state index in [0.29, 0.717) is 6.01 Å². The third-order valence-electron chi connectivity index (χ3n) is 3.63. The van der Waals surface area contributed by atoms with Gasteiger partial charge in [-0.1, -0.05) is 6.42 Å². The van der Waals surface area contributed by atoms with Gasteiger partial charge in [0.15, 0.2) is 0 Å². The molecule has 2 heterocycles. The van der Waals surface area contributed by atoms with Crippen LogP contribution in [0.4, 0.5) is 5.82 Å². The van der Waals surface area contributed by atoms with Crippen LogP contribution < -0.4 is 15.4 Å². The zero-order chi connectivity index (χ0) is 11.7. The zero-order valence-corrected chi connectivity index (χ0v) is 10.1. The third kappa shape index (κ3) is 2.07. The fraction of sp³-hybridized carbons (Fsp3) is 0.667. The van der Waals surface area contributed by atoms with Gasteiger partial charge in [-0.25, -0.2) is 0 Å². The molecule has 17 heavy (non-hydrogen) atoms. The van der Waals surface area contributed by atoms with E-state index in [1.807, 2.05) is 0 Å². The molecule has 1 aromatic heterocycles. The van der Waals surface area contributed by atoms with E-state index in [2.05, 4.69) is 20.6 Å². The first kappa shape index (κ1) is 10.8. The summed E-state index contributed by atoms with van der Waals surface area (Å²) in [7, 11) is 1.61. The molecule has 2 N–H and O–H groups in total. The molecule has 0 bridgehead atoms. The second-order valence-electron chi connectivity index (χ2n) is 4.77. The molecule has 0 aromatic carbocycles. The third-order valence-corrected chi connectivity index (χ3v) is 3.63. The van der Waals surface area contributed by atoms with E-state index in [9.17, 15) is 0 Å². The number of ether oxygens (including phenoxy) is 1. The molecule has 3 rings (SSSR count). The van der Waals surface area contributed by atoms with Gasteiger partial charge in [-0.3, -0.25) is 0 Å². The summed E-state index contributed by atoms with van der Waals surface area (Å²) in [6, 6.07) is 0.462. The SMILES string of the molecule is COc1nc2c(c(NCC3CCC3)n1)CNC2. The average molecular weight is 234 g/mol. The number of aromatic nitrogens is 2. The van der Waals surface area contributed by atoms with Gasteiger partial charge in [0.05, 0.1) is 12.8 Å². The Morgan fingerprint density at radius 2 is 2.24 bits per heavy atom. The van der Waals surface area contributed by atoms with Crippen LogP contribution in [0.5, 0.6) is 6.01 Å². The predicted molar refractivity (Wildman–Crippen MR) is 65.0 cm³/mol. The Hall–Kier alpha value is -1.36. The summed E-state index contributed by atoms with van der Waals surface area (Å²) in [6.45, 7) is 2.69. The summed E-state index contributed by atoms with van der Waals surface area (Å²) in [5.41, 5.74) is 2.26. The number of anilines is 1. The molecule has 1 fully saturated rings. The number of nitrogens with one attached hydrogen (secondary N) is 2. The molecule has 5 nitrogen and oxygen atoms in total. The predicted octanol–water partition coefficient (Wildman–Crippen LogP) is 1.30. The number of nitrogens with zero attached hydrogens (tertiary/aromatic N) is 2. The Morgan fingerprint density at radius 3 is 2.94 bits per heavy atom. The molecule has 0 atom stereocenters. The fourth-order valence-electron chi connectivity index (χ4n) is 2.32. The van der Waals surface area contributed by atoms with E-state index >= 15 is 0 Å². The first-order valence-electron chi connectivity index (χ1n) is 6.25. The molecule has 5 heteroatoms. The quantitative estimate of drug-likeness (QED) is 0.822. The lowest BCUT2D eigenvalue weighted by atomic mass is 9.85. The summed E-state index contributed by atoms with van der Waals surface area (Å²) < 4.78 is 5.14. The Labute approximate surface area is 101 Å². The van der Waals surface area contributed by atoms with Crippen LogP contribution in [0.1, 0.15) is 30.5 Å². The van der Waals surface area contributed by atoms with Crippen LogP contribution in [-0.4, -0.2) is 23.6 Å². The maximum atomic E-state index is 5.14. The summed E-state index contributed by atoms with van der Waals surface area (Å²) in [5, 5.41) is 6.75. The molecule has 1 aromatic rings. The van der Waals surface area contributed by atoms with Crippen LogP contribution in [0.2, 0.25) is 0 Å². The number of fused-ring (bicyclic) bond motifs is 1. The highest BCUT2D eigenvalue weighted by Gasteiger charge is 2.21. The fourth-order valence-corrected chi connectivity index (χ4v) is 2.32. The molecule has 1 saturated carbocycles. The van der Waals surface area contributed by atoms with Crippen LogP contribution in [-0.2, 0) is 13.1 Å². The number of hydrogen-bond donors (Lipinski definition) is 2. The normalized spacial score (nSPS) is 18.6. The monoisotopic (exact) mass is 234 g/mol. The molecule has 0 unspecified atom stereocenters. The lowest BCUT2D eigenvalue weighted by Gasteiger charge is -2.26. The molecule has 0 spiro atoms. The van der Waals surface area contributed by atoms with Crippen LogP contribution in [0, 0.1) is 5.92 Å². The largest absolute Gasteiger partial charge is 0.467 e. The lowest BCUT2D eigenvalue weighted by Crippen LogP contribution is -2.22. The molecule has 0 amide bonds. The molecular formula is C12H18N4O. The van der Waals surface area contributed by atoms with Crippen molar-refractivity contribution in [1.82, 2.24) is 15.3 Å². The first-order valence-corrected chi connectivity index (χ1v) is 6.25.